The second-order valence-electron chi connectivity index (χ2n) is 11.7. The SMILES string of the molecule is Cc1nn(C)c(C)c1-c1nc2c(-c3ccc4c(c3)CCCC[C@H]4NC(=O)c3noc(C(C)(C)C)n3)ccnc2[nH]1. The Kier molecular flexibility index (Phi) is 6.28. The molecule has 0 radical (unpaired) electrons. The number of pyridine rings is 1. The molecule has 10 nitrogen and oxygen atoms in total. The Morgan fingerprint density at radius 3 is 2.70 bits per heavy atom. The van der Waals surface area contributed by atoms with Crippen molar-refractivity contribution in [3.05, 3.63) is 64.7 Å². The van der Waals surface area contributed by atoms with Gasteiger partial charge in [0.25, 0.3) is 11.7 Å². The number of imidazole rings is 1. The fraction of sp³-hybridized carbons (Fsp3) is 0.400. The van der Waals surface area contributed by atoms with Crippen LogP contribution < -0.4 is 5.32 Å². The van der Waals surface area contributed by atoms with E-state index in [1.54, 1.807) is 0 Å². The van der Waals surface area contributed by atoms with E-state index in [0.717, 1.165) is 76.3 Å². The van der Waals surface area contributed by atoms with Gasteiger partial charge in [0.05, 0.1) is 17.3 Å². The molecular formula is C30H34N8O2. The van der Waals surface area contributed by atoms with E-state index in [9.17, 15) is 4.79 Å². The van der Waals surface area contributed by atoms with Crippen molar-refractivity contribution in [3.63, 3.8) is 0 Å². The summed E-state index contributed by atoms with van der Waals surface area (Å²) in [6.07, 6.45) is 5.68. The van der Waals surface area contributed by atoms with Crippen molar-refractivity contribution < 1.29 is 9.32 Å². The highest BCUT2D eigenvalue weighted by molar-refractivity contribution is 5.92. The van der Waals surface area contributed by atoms with Crippen molar-refractivity contribution in [2.75, 3.05) is 0 Å². The highest BCUT2D eigenvalue weighted by atomic mass is 16.5. The van der Waals surface area contributed by atoms with E-state index in [0.29, 0.717) is 5.89 Å². The van der Waals surface area contributed by atoms with Crippen molar-refractivity contribution >= 4 is 17.1 Å². The lowest BCUT2D eigenvalue weighted by Crippen LogP contribution is -2.29. The first-order valence-corrected chi connectivity index (χ1v) is 13.7. The summed E-state index contributed by atoms with van der Waals surface area (Å²) in [5.74, 6) is 0.969. The van der Waals surface area contributed by atoms with Crippen molar-refractivity contribution in [1.29, 1.82) is 0 Å². The van der Waals surface area contributed by atoms with E-state index in [-0.39, 0.29) is 23.2 Å². The van der Waals surface area contributed by atoms with Gasteiger partial charge in [-0.05, 0) is 55.9 Å². The molecule has 0 saturated heterocycles. The third-order valence-corrected chi connectivity index (χ3v) is 7.72. The second-order valence-corrected chi connectivity index (χ2v) is 11.7. The molecular weight excluding hydrogens is 504 g/mol. The fourth-order valence-electron chi connectivity index (χ4n) is 5.52. The molecule has 5 aromatic rings. The number of benzene rings is 1. The Morgan fingerprint density at radius 2 is 1.98 bits per heavy atom. The number of rotatable bonds is 4. The molecule has 1 atom stereocenters. The standard InChI is InChI=1S/C30H34N8O2/c1-16-23(17(2)38(6)36-16)25-33-24-21(13-14-31-26(24)34-25)19-11-12-20-18(15-19)9-7-8-10-22(20)32-28(39)27-35-29(40-37-27)30(3,4)5/h11-15,22H,7-10H2,1-6H3,(H,32,39)(H,31,33,34)/t22-/m1/s1. The molecule has 0 unspecified atom stereocenters. The first kappa shape index (κ1) is 25.9. The number of aryl methyl sites for hydroxylation is 3. The summed E-state index contributed by atoms with van der Waals surface area (Å²) in [5.41, 5.74) is 8.66. The highest BCUT2D eigenvalue weighted by Crippen LogP contribution is 2.35. The summed E-state index contributed by atoms with van der Waals surface area (Å²) in [7, 11) is 1.94. The number of nitrogens with one attached hydrogen (secondary N) is 2. The molecule has 10 heteroatoms. The molecule has 1 aliphatic rings. The Labute approximate surface area is 232 Å². The van der Waals surface area contributed by atoms with E-state index >= 15 is 0 Å². The van der Waals surface area contributed by atoms with E-state index in [4.69, 9.17) is 9.51 Å². The van der Waals surface area contributed by atoms with Gasteiger partial charge in [0, 0.05) is 29.9 Å². The van der Waals surface area contributed by atoms with Gasteiger partial charge in [-0.2, -0.15) is 10.1 Å². The highest BCUT2D eigenvalue weighted by Gasteiger charge is 2.27. The largest absolute Gasteiger partial charge is 0.342 e. The van der Waals surface area contributed by atoms with Crippen LogP contribution in [0.2, 0.25) is 0 Å². The normalized spacial score (nSPS) is 15.7. The average Bonchev–Trinajstić information content (AvgIpc) is 3.59. The van der Waals surface area contributed by atoms with Gasteiger partial charge in [-0.25, -0.2) is 9.97 Å². The number of carbonyl (C=O) groups excluding carboxylic acids is 1. The van der Waals surface area contributed by atoms with Crippen LogP contribution in [0.3, 0.4) is 0 Å². The van der Waals surface area contributed by atoms with Gasteiger partial charge in [0.15, 0.2) is 5.65 Å². The molecule has 0 fully saturated rings. The topological polar surface area (TPSA) is 127 Å². The maximum absolute atomic E-state index is 13.1. The minimum Gasteiger partial charge on any atom is -0.342 e. The van der Waals surface area contributed by atoms with E-state index < -0.39 is 0 Å². The molecule has 4 heterocycles. The summed E-state index contributed by atoms with van der Waals surface area (Å²) in [5, 5.41) is 11.6. The average molecular weight is 539 g/mol. The number of aromatic nitrogens is 7. The second kappa shape index (κ2) is 9.69. The first-order valence-electron chi connectivity index (χ1n) is 13.7. The lowest BCUT2D eigenvalue weighted by Gasteiger charge is -2.19. The zero-order valence-electron chi connectivity index (χ0n) is 23.8. The van der Waals surface area contributed by atoms with Crippen LogP contribution in [0.5, 0.6) is 0 Å². The van der Waals surface area contributed by atoms with Gasteiger partial charge in [0.1, 0.15) is 11.3 Å². The van der Waals surface area contributed by atoms with Crippen LogP contribution in [0.4, 0.5) is 0 Å². The number of hydrogen-bond acceptors (Lipinski definition) is 7. The van der Waals surface area contributed by atoms with Crippen LogP contribution in [0, 0.1) is 13.8 Å². The third kappa shape index (κ3) is 4.57. The maximum atomic E-state index is 13.1. The lowest BCUT2D eigenvalue weighted by molar-refractivity contribution is 0.0921. The zero-order chi connectivity index (χ0) is 28.2. The first-order chi connectivity index (χ1) is 19.1. The van der Waals surface area contributed by atoms with Crippen LogP contribution in [0.1, 0.15) is 85.1 Å². The Balaban J connectivity index is 1.32. The molecule has 206 valence electrons. The molecule has 6 rings (SSSR count). The van der Waals surface area contributed by atoms with E-state index in [1.807, 2.05) is 58.6 Å². The van der Waals surface area contributed by atoms with E-state index in [2.05, 4.69) is 48.7 Å². The van der Waals surface area contributed by atoms with Crippen molar-refractivity contribution in [2.24, 2.45) is 7.05 Å². The quantitative estimate of drug-likeness (QED) is 0.288. The van der Waals surface area contributed by atoms with Crippen LogP contribution in [0.15, 0.2) is 35.0 Å². The predicted octanol–water partition coefficient (Wildman–Crippen LogP) is 5.52. The predicted molar refractivity (Wildman–Crippen MR) is 152 cm³/mol. The molecule has 0 aliphatic heterocycles. The number of hydrogen-bond donors (Lipinski definition) is 2. The smallest absolute Gasteiger partial charge is 0.293 e. The molecule has 40 heavy (non-hydrogen) atoms. The minimum atomic E-state index is -0.319. The van der Waals surface area contributed by atoms with Crippen molar-refractivity contribution in [3.8, 4) is 22.5 Å². The number of nitrogens with zero attached hydrogens (tertiary/aromatic N) is 6. The summed E-state index contributed by atoms with van der Waals surface area (Å²) >= 11 is 0. The molecule has 1 aliphatic carbocycles. The maximum Gasteiger partial charge on any atom is 0.293 e. The number of amides is 1. The Bertz CT molecular complexity index is 1740. The molecule has 4 aromatic heterocycles. The monoisotopic (exact) mass is 538 g/mol. The summed E-state index contributed by atoms with van der Waals surface area (Å²) in [6.45, 7) is 9.96. The summed E-state index contributed by atoms with van der Waals surface area (Å²) in [4.78, 5) is 30.3. The van der Waals surface area contributed by atoms with Crippen LogP contribution in [-0.2, 0) is 18.9 Å². The van der Waals surface area contributed by atoms with Gasteiger partial charge >= 0.3 is 0 Å². The Morgan fingerprint density at radius 1 is 1.15 bits per heavy atom. The van der Waals surface area contributed by atoms with Crippen molar-refractivity contribution in [1.82, 2.24) is 40.2 Å². The van der Waals surface area contributed by atoms with E-state index in [1.165, 1.54) is 5.56 Å². The molecule has 0 saturated carbocycles. The summed E-state index contributed by atoms with van der Waals surface area (Å²) in [6, 6.07) is 8.36. The minimum absolute atomic E-state index is 0.0694. The van der Waals surface area contributed by atoms with Crippen LogP contribution in [0.25, 0.3) is 33.7 Å². The molecule has 1 amide bonds. The van der Waals surface area contributed by atoms with Gasteiger partial charge in [-0.3, -0.25) is 9.48 Å². The number of fused-ring (bicyclic) bond motifs is 2. The lowest BCUT2D eigenvalue weighted by atomic mass is 9.94. The third-order valence-electron chi connectivity index (χ3n) is 7.72. The Hall–Kier alpha value is -4.34. The number of H-pyrrole nitrogens is 1. The summed E-state index contributed by atoms with van der Waals surface area (Å²) < 4.78 is 7.21. The van der Waals surface area contributed by atoms with Gasteiger partial charge in [0.2, 0.25) is 5.89 Å². The van der Waals surface area contributed by atoms with Crippen molar-refractivity contribution in [2.45, 2.75) is 71.8 Å². The molecule has 1 aromatic carbocycles. The van der Waals surface area contributed by atoms with Crippen LogP contribution in [-0.4, -0.2) is 40.8 Å². The van der Waals surface area contributed by atoms with Gasteiger partial charge < -0.3 is 14.8 Å². The fourth-order valence-corrected chi connectivity index (χ4v) is 5.52. The zero-order valence-corrected chi connectivity index (χ0v) is 23.8. The molecule has 0 spiro atoms. The number of aromatic amines is 1. The van der Waals surface area contributed by atoms with Crippen LogP contribution >= 0.6 is 0 Å². The van der Waals surface area contributed by atoms with Gasteiger partial charge in [-0.15, -0.1) is 0 Å². The molecule has 2 N–H and O–H groups in total. The number of carbonyl (C=O) groups is 1. The molecule has 0 bridgehead atoms. The van der Waals surface area contributed by atoms with Gasteiger partial charge in [-0.1, -0.05) is 50.5 Å².